The van der Waals surface area contributed by atoms with Gasteiger partial charge in [0.25, 0.3) is 0 Å². The average molecular weight is 190 g/mol. The number of esters is 1. The molecule has 0 amide bonds. The Morgan fingerprint density at radius 3 is 2.38 bits per heavy atom. The second-order valence-corrected chi connectivity index (χ2v) is 2.34. The SMILES string of the molecule is COCCOCC(=O)CC(=O)OC. The summed E-state index contributed by atoms with van der Waals surface area (Å²) >= 11 is 0. The molecule has 13 heavy (non-hydrogen) atoms. The molecule has 0 radical (unpaired) electrons. The Balaban J connectivity index is 3.35. The molecule has 0 fully saturated rings. The fraction of sp³-hybridized carbons (Fsp3) is 0.750. The predicted octanol–water partition coefficient (Wildman–Crippen LogP) is -0.218. The highest BCUT2D eigenvalue weighted by Crippen LogP contribution is 1.88. The third-order valence-electron chi connectivity index (χ3n) is 1.26. The molecule has 5 heteroatoms. The van der Waals surface area contributed by atoms with E-state index in [0.717, 1.165) is 0 Å². The number of hydrogen-bond donors (Lipinski definition) is 0. The highest BCUT2D eigenvalue weighted by Gasteiger charge is 2.08. The smallest absolute Gasteiger partial charge is 0.313 e. The van der Waals surface area contributed by atoms with Gasteiger partial charge in [0.1, 0.15) is 13.0 Å². The van der Waals surface area contributed by atoms with Gasteiger partial charge in [-0.1, -0.05) is 0 Å². The first-order valence-electron chi connectivity index (χ1n) is 3.86. The van der Waals surface area contributed by atoms with Crippen LogP contribution in [0.4, 0.5) is 0 Å². The van der Waals surface area contributed by atoms with E-state index in [1.165, 1.54) is 7.11 Å². The van der Waals surface area contributed by atoms with Gasteiger partial charge in [-0.15, -0.1) is 0 Å². The number of ketones is 1. The van der Waals surface area contributed by atoms with Crippen LogP contribution in [0, 0.1) is 0 Å². The summed E-state index contributed by atoms with van der Waals surface area (Å²) in [6.07, 6.45) is -0.233. The van der Waals surface area contributed by atoms with E-state index in [9.17, 15) is 9.59 Å². The summed E-state index contributed by atoms with van der Waals surface area (Å²) < 4.78 is 13.9. The van der Waals surface area contributed by atoms with Crippen molar-refractivity contribution >= 4 is 11.8 Å². The summed E-state index contributed by atoms with van der Waals surface area (Å²) in [5.74, 6) is -0.830. The zero-order valence-electron chi connectivity index (χ0n) is 7.87. The standard InChI is InChI=1S/C8H14O5/c1-11-3-4-13-6-7(9)5-8(10)12-2/h3-6H2,1-2H3. The fourth-order valence-corrected chi connectivity index (χ4v) is 0.612. The summed E-state index contributed by atoms with van der Waals surface area (Å²) in [7, 11) is 2.78. The Morgan fingerprint density at radius 2 is 1.85 bits per heavy atom. The second kappa shape index (κ2) is 7.70. The quantitative estimate of drug-likeness (QED) is 0.315. The van der Waals surface area contributed by atoms with Crippen LogP contribution in [-0.2, 0) is 23.8 Å². The molecule has 0 saturated heterocycles. The maximum Gasteiger partial charge on any atom is 0.313 e. The molecule has 0 saturated carbocycles. The third-order valence-corrected chi connectivity index (χ3v) is 1.26. The van der Waals surface area contributed by atoms with Crippen molar-refractivity contribution in [3.63, 3.8) is 0 Å². The lowest BCUT2D eigenvalue weighted by Gasteiger charge is -2.01. The molecule has 0 aromatic rings. The van der Waals surface area contributed by atoms with Crippen molar-refractivity contribution in [2.45, 2.75) is 6.42 Å². The van der Waals surface area contributed by atoms with Crippen LogP contribution in [0.15, 0.2) is 0 Å². The van der Waals surface area contributed by atoms with E-state index in [2.05, 4.69) is 4.74 Å². The van der Waals surface area contributed by atoms with Crippen LogP contribution in [0.2, 0.25) is 0 Å². The first kappa shape index (κ1) is 12.1. The molecule has 0 unspecified atom stereocenters. The summed E-state index contributed by atoms with van der Waals surface area (Å²) in [6, 6.07) is 0. The molecule has 0 atom stereocenters. The lowest BCUT2D eigenvalue weighted by atomic mass is 10.3. The minimum atomic E-state index is -0.541. The van der Waals surface area contributed by atoms with Crippen molar-refractivity contribution in [3.05, 3.63) is 0 Å². The Labute approximate surface area is 77.0 Å². The van der Waals surface area contributed by atoms with Gasteiger partial charge in [0.05, 0.1) is 20.3 Å². The average Bonchev–Trinajstić information content (AvgIpc) is 2.12. The lowest BCUT2D eigenvalue weighted by Crippen LogP contribution is -2.16. The topological polar surface area (TPSA) is 61.8 Å². The molecule has 0 aliphatic carbocycles. The first-order valence-corrected chi connectivity index (χ1v) is 3.86. The number of methoxy groups -OCH3 is 2. The van der Waals surface area contributed by atoms with Gasteiger partial charge >= 0.3 is 5.97 Å². The van der Waals surface area contributed by atoms with Crippen LogP contribution in [0.25, 0.3) is 0 Å². The van der Waals surface area contributed by atoms with Crippen molar-refractivity contribution < 1.29 is 23.8 Å². The number of ether oxygens (including phenoxy) is 3. The van der Waals surface area contributed by atoms with E-state index in [-0.39, 0.29) is 18.8 Å². The summed E-state index contributed by atoms with van der Waals surface area (Å²) in [4.78, 5) is 21.5. The molecule has 0 spiro atoms. The number of hydrogen-bond acceptors (Lipinski definition) is 5. The van der Waals surface area contributed by atoms with E-state index in [1.54, 1.807) is 7.11 Å². The molecule has 76 valence electrons. The monoisotopic (exact) mass is 190 g/mol. The number of carbonyl (C=O) groups excluding carboxylic acids is 2. The van der Waals surface area contributed by atoms with Gasteiger partial charge in [-0.05, 0) is 0 Å². The van der Waals surface area contributed by atoms with E-state index in [1.807, 2.05) is 0 Å². The second-order valence-electron chi connectivity index (χ2n) is 2.34. The number of carbonyl (C=O) groups is 2. The van der Waals surface area contributed by atoms with Crippen LogP contribution in [-0.4, -0.2) is 45.8 Å². The van der Waals surface area contributed by atoms with Crippen molar-refractivity contribution in [3.8, 4) is 0 Å². The Kier molecular flexibility index (Phi) is 7.14. The molecule has 0 rings (SSSR count). The fourth-order valence-electron chi connectivity index (χ4n) is 0.612. The van der Waals surface area contributed by atoms with Gasteiger partial charge in [-0.25, -0.2) is 0 Å². The molecule has 0 bridgehead atoms. The van der Waals surface area contributed by atoms with E-state index in [0.29, 0.717) is 13.2 Å². The van der Waals surface area contributed by atoms with Gasteiger partial charge < -0.3 is 14.2 Å². The zero-order valence-corrected chi connectivity index (χ0v) is 7.87. The van der Waals surface area contributed by atoms with E-state index < -0.39 is 5.97 Å². The minimum Gasteiger partial charge on any atom is -0.469 e. The number of Topliss-reactive ketones (excluding diaryl/α,β-unsaturated/α-hetero) is 1. The normalized spacial score (nSPS) is 9.69. The summed E-state index contributed by atoms with van der Waals surface area (Å²) in [6.45, 7) is 0.716. The molecule has 0 aliphatic rings. The van der Waals surface area contributed by atoms with Gasteiger partial charge in [0.2, 0.25) is 0 Å². The van der Waals surface area contributed by atoms with Gasteiger partial charge in [-0.2, -0.15) is 0 Å². The molecule has 0 heterocycles. The zero-order chi connectivity index (χ0) is 10.1. The van der Waals surface area contributed by atoms with Crippen LogP contribution >= 0.6 is 0 Å². The Hall–Kier alpha value is -0.940. The molecule has 0 aliphatic heterocycles. The molecule has 0 aromatic carbocycles. The molecule has 0 aromatic heterocycles. The van der Waals surface area contributed by atoms with Crippen molar-refractivity contribution in [2.24, 2.45) is 0 Å². The van der Waals surface area contributed by atoms with Crippen LogP contribution in [0.5, 0.6) is 0 Å². The lowest BCUT2D eigenvalue weighted by molar-refractivity contribution is -0.144. The van der Waals surface area contributed by atoms with E-state index >= 15 is 0 Å². The van der Waals surface area contributed by atoms with Crippen molar-refractivity contribution in [1.82, 2.24) is 0 Å². The van der Waals surface area contributed by atoms with Crippen LogP contribution in [0.1, 0.15) is 6.42 Å². The van der Waals surface area contributed by atoms with Gasteiger partial charge in [0.15, 0.2) is 5.78 Å². The molecular weight excluding hydrogens is 176 g/mol. The highest BCUT2D eigenvalue weighted by molar-refractivity contribution is 5.96. The first-order chi connectivity index (χ1) is 6.20. The highest BCUT2D eigenvalue weighted by atomic mass is 16.5. The van der Waals surface area contributed by atoms with Gasteiger partial charge in [0, 0.05) is 7.11 Å². The maximum atomic E-state index is 10.9. The Bertz CT molecular complexity index is 166. The Morgan fingerprint density at radius 1 is 1.15 bits per heavy atom. The minimum absolute atomic E-state index is 0.0710. The van der Waals surface area contributed by atoms with Crippen LogP contribution < -0.4 is 0 Å². The largest absolute Gasteiger partial charge is 0.469 e. The van der Waals surface area contributed by atoms with Crippen molar-refractivity contribution in [1.29, 1.82) is 0 Å². The summed E-state index contributed by atoms with van der Waals surface area (Å²) in [5, 5.41) is 0. The van der Waals surface area contributed by atoms with E-state index in [4.69, 9.17) is 9.47 Å². The molecule has 0 N–H and O–H groups in total. The van der Waals surface area contributed by atoms with Gasteiger partial charge in [-0.3, -0.25) is 9.59 Å². The molecule has 5 nitrogen and oxygen atoms in total. The summed E-state index contributed by atoms with van der Waals surface area (Å²) in [5.41, 5.74) is 0. The van der Waals surface area contributed by atoms with Crippen molar-refractivity contribution in [2.75, 3.05) is 34.0 Å². The maximum absolute atomic E-state index is 10.9. The predicted molar refractivity (Wildman–Crippen MR) is 44.3 cm³/mol. The number of rotatable bonds is 7. The third kappa shape index (κ3) is 7.42. The van der Waals surface area contributed by atoms with Crippen LogP contribution in [0.3, 0.4) is 0 Å². The molecular formula is C8H14O5.